The van der Waals surface area contributed by atoms with Gasteiger partial charge in [-0.05, 0) is 50.6 Å². The van der Waals surface area contributed by atoms with Gasteiger partial charge in [-0.1, -0.05) is 0 Å². The number of aryl methyl sites for hydroxylation is 1. The van der Waals surface area contributed by atoms with Gasteiger partial charge < -0.3 is 10.4 Å². The normalized spacial score (nSPS) is 12.3. The van der Waals surface area contributed by atoms with E-state index in [9.17, 15) is 18.3 Å². The summed E-state index contributed by atoms with van der Waals surface area (Å²) in [5.41, 5.74) is -0.580. The van der Waals surface area contributed by atoms with Crippen LogP contribution in [0.1, 0.15) is 30.7 Å². The van der Waals surface area contributed by atoms with Crippen molar-refractivity contribution in [2.24, 2.45) is 0 Å². The van der Waals surface area contributed by atoms with Crippen molar-refractivity contribution in [3.63, 3.8) is 0 Å². The van der Waals surface area contributed by atoms with Crippen molar-refractivity contribution in [3.8, 4) is 5.82 Å². The summed E-state index contributed by atoms with van der Waals surface area (Å²) in [4.78, 5) is 12.5. The summed E-state index contributed by atoms with van der Waals surface area (Å²) in [5, 5.41) is 12.8. The summed E-state index contributed by atoms with van der Waals surface area (Å²) >= 11 is 0. The first kappa shape index (κ1) is 18.8. The number of halogens is 3. The maximum Gasteiger partial charge on any atom is 0.416 e. The van der Waals surface area contributed by atoms with Crippen molar-refractivity contribution in [3.05, 3.63) is 59.8 Å². The number of alkyl halides is 3. The molecule has 0 aliphatic heterocycles. The van der Waals surface area contributed by atoms with E-state index in [1.807, 2.05) is 6.92 Å². The number of aliphatic hydroxyl groups is 1. The smallest absolute Gasteiger partial charge is 0.384 e. The van der Waals surface area contributed by atoms with E-state index in [1.54, 1.807) is 36.7 Å². The minimum absolute atomic E-state index is 0.0386. The second-order valence-electron chi connectivity index (χ2n) is 6.67. The van der Waals surface area contributed by atoms with Gasteiger partial charge in [-0.15, -0.1) is 0 Å². The zero-order chi connectivity index (χ0) is 19.8. The molecule has 6 nitrogen and oxygen atoms in total. The van der Waals surface area contributed by atoms with Crippen LogP contribution in [0.15, 0.2) is 43.0 Å². The highest BCUT2D eigenvalue weighted by Crippen LogP contribution is 2.30. The Morgan fingerprint density at radius 3 is 2.44 bits per heavy atom. The molecule has 3 aromatic rings. The van der Waals surface area contributed by atoms with E-state index in [2.05, 4.69) is 20.3 Å². The van der Waals surface area contributed by atoms with Crippen LogP contribution in [0, 0.1) is 6.92 Å². The Morgan fingerprint density at radius 1 is 1.07 bits per heavy atom. The molecule has 0 atom stereocenters. The molecule has 3 aromatic heterocycles. The maximum atomic E-state index is 12.9. The molecular weight excluding hydrogens is 359 g/mol. The van der Waals surface area contributed by atoms with Gasteiger partial charge in [-0.25, -0.2) is 15.0 Å². The third-order valence-corrected chi connectivity index (χ3v) is 3.77. The number of nitrogens with zero attached hydrogens (tertiary/aromatic N) is 4. The van der Waals surface area contributed by atoms with Gasteiger partial charge >= 0.3 is 6.18 Å². The molecule has 27 heavy (non-hydrogen) atoms. The quantitative estimate of drug-likeness (QED) is 0.720. The van der Waals surface area contributed by atoms with Crippen molar-refractivity contribution in [1.82, 2.24) is 19.5 Å². The summed E-state index contributed by atoms with van der Waals surface area (Å²) in [6, 6.07) is 5.32. The van der Waals surface area contributed by atoms with Gasteiger partial charge in [0.05, 0.1) is 11.3 Å². The number of aromatic nitrogens is 4. The van der Waals surface area contributed by atoms with Crippen molar-refractivity contribution >= 4 is 11.6 Å². The molecule has 0 amide bonds. The lowest BCUT2D eigenvalue weighted by atomic mass is 10.1. The number of hydrogen-bond donors (Lipinski definition) is 2. The van der Waals surface area contributed by atoms with Crippen LogP contribution in [-0.2, 0) is 11.8 Å². The first-order valence-electron chi connectivity index (χ1n) is 8.08. The van der Waals surface area contributed by atoms with E-state index < -0.39 is 17.3 Å². The summed E-state index contributed by atoms with van der Waals surface area (Å²) in [6.07, 6.45) is -0.197. The van der Waals surface area contributed by atoms with Gasteiger partial charge in [0.2, 0.25) is 0 Å². The monoisotopic (exact) mass is 377 g/mol. The van der Waals surface area contributed by atoms with E-state index in [4.69, 9.17) is 0 Å². The van der Waals surface area contributed by atoms with Crippen LogP contribution in [0.5, 0.6) is 0 Å². The average molecular weight is 377 g/mol. The molecule has 3 rings (SSSR count). The number of hydrogen-bond acceptors (Lipinski definition) is 5. The molecule has 0 radical (unpaired) electrons. The molecule has 0 bridgehead atoms. The van der Waals surface area contributed by atoms with E-state index in [1.165, 1.54) is 6.33 Å². The maximum absolute atomic E-state index is 12.9. The van der Waals surface area contributed by atoms with Gasteiger partial charge in [0.25, 0.3) is 0 Å². The number of rotatable bonds is 4. The van der Waals surface area contributed by atoms with Crippen LogP contribution in [0.3, 0.4) is 0 Å². The Bertz CT molecular complexity index is 960. The lowest BCUT2D eigenvalue weighted by molar-refractivity contribution is -0.137. The molecule has 2 N–H and O–H groups in total. The second-order valence-corrected chi connectivity index (χ2v) is 6.67. The molecule has 0 aliphatic carbocycles. The van der Waals surface area contributed by atoms with E-state index in [0.717, 1.165) is 23.9 Å². The fourth-order valence-corrected chi connectivity index (χ4v) is 2.42. The van der Waals surface area contributed by atoms with Gasteiger partial charge in [-0.2, -0.15) is 13.2 Å². The summed E-state index contributed by atoms with van der Waals surface area (Å²) < 4.78 is 40.2. The van der Waals surface area contributed by atoms with Crippen molar-refractivity contribution in [2.45, 2.75) is 32.5 Å². The average Bonchev–Trinajstić information content (AvgIpc) is 3.04. The van der Waals surface area contributed by atoms with Crippen LogP contribution >= 0.6 is 0 Å². The van der Waals surface area contributed by atoms with E-state index in [-0.39, 0.29) is 5.82 Å². The highest BCUT2D eigenvalue weighted by atomic mass is 19.4. The number of nitrogens with one attached hydrogen (secondary N) is 1. The molecule has 3 heterocycles. The molecule has 0 spiro atoms. The molecule has 0 aromatic carbocycles. The fraction of sp³-hybridized carbons (Fsp3) is 0.278. The molecule has 0 saturated carbocycles. The van der Waals surface area contributed by atoms with Crippen molar-refractivity contribution in [1.29, 1.82) is 0 Å². The standard InChI is InChI=1S/C18H18F3N5O/c1-11-6-15(24-14-8-12(4-5-22-14)18(19,20)21)25-16(7-11)26-9-13(23-10-26)17(2,3)27/h4-10,27H,1-3H3,(H,22,24,25). The molecule has 0 aliphatic rings. The zero-order valence-corrected chi connectivity index (χ0v) is 14.9. The van der Waals surface area contributed by atoms with E-state index in [0.29, 0.717) is 17.3 Å². The van der Waals surface area contributed by atoms with Crippen LogP contribution < -0.4 is 5.32 Å². The highest BCUT2D eigenvalue weighted by molar-refractivity contribution is 5.55. The molecule has 0 unspecified atom stereocenters. The molecule has 142 valence electrons. The predicted octanol–water partition coefficient (Wildman–Crippen LogP) is 3.96. The fourth-order valence-electron chi connectivity index (χ4n) is 2.42. The van der Waals surface area contributed by atoms with Gasteiger partial charge in [-0.3, -0.25) is 4.57 Å². The lowest BCUT2D eigenvalue weighted by Gasteiger charge is -2.13. The highest BCUT2D eigenvalue weighted by Gasteiger charge is 2.30. The van der Waals surface area contributed by atoms with Crippen molar-refractivity contribution < 1.29 is 18.3 Å². The van der Waals surface area contributed by atoms with Crippen molar-refractivity contribution in [2.75, 3.05) is 5.32 Å². The second kappa shape index (κ2) is 6.66. The number of imidazole rings is 1. The zero-order valence-electron chi connectivity index (χ0n) is 14.9. The number of pyridine rings is 2. The molecular formula is C18H18F3N5O. The van der Waals surface area contributed by atoms with Gasteiger partial charge in [0.1, 0.15) is 29.4 Å². The van der Waals surface area contributed by atoms with Crippen LogP contribution in [0.25, 0.3) is 5.82 Å². The van der Waals surface area contributed by atoms with Gasteiger partial charge in [0.15, 0.2) is 0 Å². The largest absolute Gasteiger partial charge is 0.416 e. The van der Waals surface area contributed by atoms with Crippen LogP contribution in [-0.4, -0.2) is 24.6 Å². The van der Waals surface area contributed by atoms with Crippen LogP contribution in [0.2, 0.25) is 0 Å². The first-order chi connectivity index (χ1) is 12.5. The lowest BCUT2D eigenvalue weighted by Crippen LogP contribution is -2.15. The molecule has 9 heteroatoms. The minimum Gasteiger partial charge on any atom is -0.384 e. The Kier molecular flexibility index (Phi) is 4.64. The third kappa shape index (κ3) is 4.43. The number of anilines is 2. The summed E-state index contributed by atoms with van der Waals surface area (Å²) in [5.74, 6) is 0.888. The SMILES string of the molecule is Cc1cc(Nc2cc(C(F)(F)F)ccn2)nc(-n2cnc(C(C)(C)O)c2)c1. The Balaban J connectivity index is 1.91. The summed E-state index contributed by atoms with van der Waals surface area (Å²) in [7, 11) is 0. The Hall–Kier alpha value is -2.94. The Morgan fingerprint density at radius 2 is 1.81 bits per heavy atom. The molecule has 0 saturated heterocycles. The minimum atomic E-state index is -4.45. The Labute approximate surface area is 153 Å². The topological polar surface area (TPSA) is 75.9 Å². The molecule has 0 fully saturated rings. The summed E-state index contributed by atoms with van der Waals surface area (Å²) in [6.45, 7) is 5.08. The third-order valence-electron chi connectivity index (χ3n) is 3.77. The van der Waals surface area contributed by atoms with Crippen LogP contribution in [0.4, 0.5) is 24.8 Å². The van der Waals surface area contributed by atoms with Gasteiger partial charge in [0, 0.05) is 12.4 Å². The first-order valence-corrected chi connectivity index (χ1v) is 8.08. The predicted molar refractivity (Wildman–Crippen MR) is 93.9 cm³/mol. The van der Waals surface area contributed by atoms with E-state index >= 15 is 0 Å².